The normalized spacial score (nSPS) is 10.6. The van der Waals surface area contributed by atoms with Gasteiger partial charge in [-0.1, -0.05) is 41.9 Å². The van der Waals surface area contributed by atoms with Gasteiger partial charge in [-0.3, -0.25) is 4.79 Å². The highest BCUT2D eigenvalue weighted by molar-refractivity contribution is 6.30. The van der Waals surface area contributed by atoms with Gasteiger partial charge in [-0.2, -0.15) is 0 Å². The van der Waals surface area contributed by atoms with Gasteiger partial charge in [0.15, 0.2) is 0 Å². The van der Waals surface area contributed by atoms with Crippen molar-refractivity contribution in [1.82, 2.24) is 0 Å². The highest BCUT2D eigenvalue weighted by Gasteiger charge is 2.06. The van der Waals surface area contributed by atoms with Crippen LogP contribution >= 0.6 is 11.6 Å². The fourth-order valence-electron chi connectivity index (χ4n) is 1.63. The first kappa shape index (κ1) is 13.4. The molecule has 2 aromatic carbocycles. The van der Waals surface area contributed by atoms with Crippen molar-refractivity contribution in [3.8, 4) is 0 Å². The summed E-state index contributed by atoms with van der Waals surface area (Å²) in [5.41, 5.74) is 1.81. The molecule has 19 heavy (non-hydrogen) atoms. The van der Waals surface area contributed by atoms with Crippen LogP contribution in [0, 0.1) is 0 Å². The van der Waals surface area contributed by atoms with Crippen molar-refractivity contribution >= 4 is 29.3 Å². The van der Waals surface area contributed by atoms with Gasteiger partial charge in [-0.15, -0.1) is 0 Å². The van der Waals surface area contributed by atoms with Crippen LogP contribution in [0.2, 0.25) is 5.02 Å². The lowest BCUT2D eigenvalue weighted by Crippen LogP contribution is -2.23. The fourth-order valence-corrected chi connectivity index (χ4v) is 1.76. The lowest BCUT2D eigenvalue weighted by Gasteiger charge is -2.14. The molecule has 2 nitrogen and oxygen atoms in total. The van der Waals surface area contributed by atoms with E-state index < -0.39 is 0 Å². The van der Waals surface area contributed by atoms with Gasteiger partial charge in [0.05, 0.1) is 0 Å². The third-order valence-corrected chi connectivity index (χ3v) is 3.01. The molecule has 0 saturated heterocycles. The minimum atomic E-state index is -0.0684. The molecular weight excluding hydrogens is 258 g/mol. The zero-order chi connectivity index (χ0) is 13.7. The summed E-state index contributed by atoms with van der Waals surface area (Å²) in [6.07, 6.45) is 3.33. The monoisotopic (exact) mass is 271 g/mol. The molecule has 0 radical (unpaired) electrons. The number of para-hydroxylation sites is 1. The Hall–Kier alpha value is -2.06. The third-order valence-electron chi connectivity index (χ3n) is 2.76. The number of amides is 1. The second kappa shape index (κ2) is 6.21. The third kappa shape index (κ3) is 3.70. The largest absolute Gasteiger partial charge is 0.312 e. The van der Waals surface area contributed by atoms with Crippen molar-refractivity contribution in [2.24, 2.45) is 0 Å². The molecule has 0 aromatic heterocycles. The van der Waals surface area contributed by atoms with Crippen LogP contribution in [0.5, 0.6) is 0 Å². The summed E-state index contributed by atoms with van der Waals surface area (Å²) in [7, 11) is 1.75. The van der Waals surface area contributed by atoms with Crippen LogP contribution in [-0.2, 0) is 4.79 Å². The maximum Gasteiger partial charge on any atom is 0.250 e. The number of hydrogen-bond acceptors (Lipinski definition) is 1. The van der Waals surface area contributed by atoms with Crippen LogP contribution in [0.25, 0.3) is 6.08 Å². The number of benzene rings is 2. The lowest BCUT2D eigenvalue weighted by atomic mass is 10.2. The molecule has 0 aliphatic carbocycles. The molecule has 0 saturated carbocycles. The summed E-state index contributed by atoms with van der Waals surface area (Å²) in [5, 5.41) is 0.685. The number of nitrogens with zero attached hydrogens (tertiary/aromatic N) is 1. The Morgan fingerprint density at radius 3 is 2.32 bits per heavy atom. The number of carbonyl (C=O) groups excluding carboxylic acids is 1. The van der Waals surface area contributed by atoms with Gasteiger partial charge >= 0.3 is 0 Å². The highest BCUT2D eigenvalue weighted by atomic mass is 35.5. The van der Waals surface area contributed by atoms with Gasteiger partial charge in [0.2, 0.25) is 0 Å². The van der Waals surface area contributed by atoms with Crippen molar-refractivity contribution < 1.29 is 4.79 Å². The standard InChI is InChI=1S/C16H14ClNO/c1-18(15-5-3-2-4-6-15)16(19)12-9-13-7-10-14(17)11-8-13/h2-12H,1H3/b12-9+. The van der Waals surface area contributed by atoms with Gasteiger partial charge in [0, 0.05) is 23.8 Å². The number of anilines is 1. The van der Waals surface area contributed by atoms with E-state index in [9.17, 15) is 4.79 Å². The maximum absolute atomic E-state index is 12.0. The summed E-state index contributed by atoms with van der Waals surface area (Å²) < 4.78 is 0. The molecule has 1 amide bonds. The molecule has 0 unspecified atom stereocenters. The average Bonchev–Trinajstić information content (AvgIpc) is 2.46. The van der Waals surface area contributed by atoms with E-state index in [0.29, 0.717) is 5.02 Å². The minimum absolute atomic E-state index is 0.0684. The van der Waals surface area contributed by atoms with E-state index in [1.54, 1.807) is 36.2 Å². The SMILES string of the molecule is CN(C(=O)/C=C/c1ccc(Cl)cc1)c1ccccc1. The Bertz CT molecular complexity index is 575. The van der Waals surface area contributed by atoms with Crippen LogP contribution < -0.4 is 4.90 Å². The predicted molar refractivity (Wildman–Crippen MR) is 80.3 cm³/mol. The van der Waals surface area contributed by atoms with Crippen LogP contribution in [0.4, 0.5) is 5.69 Å². The predicted octanol–water partition coefficient (Wildman–Crippen LogP) is 4.02. The summed E-state index contributed by atoms with van der Waals surface area (Å²) in [5.74, 6) is -0.0684. The first-order valence-electron chi connectivity index (χ1n) is 5.93. The van der Waals surface area contributed by atoms with E-state index in [1.165, 1.54) is 0 Å². The molecule has 2 rings (SSSR count). The molecule has 0 spiro atoms. The van der Waals surface area contributed by atoms with Crippen LogP contribution in [0.15, 0.2) is 60.7 Å². The number of halogens is 1. The molecule has 0 heterocycles. The molecule has 96 valence electrons. The zero-order valence-corrected chi connectivity index (χ0v) is 11.3. The topological polar surface area (TPSA) is 20.3 Å². The van der Waals surface area contributed by atoms with Crippen molar-refractivity contribution in [3.63, 3.8) is 0 Å². The Morgan fingerprint density at radius 2 is 1.68 bits per heavy atom. The van der Waals surface area contributed by atoms with Crippen molar-refractivity contribution in [1.29, 1.82) is 0 Å². The Labute approximate surface area is 117 Å². The molecule has 2 aromatic rings. The quantitative estimate of drug-likeness (QED) is 0.772. The number of carbonyl (C=O) groups is 1. The van der Waals surface area contributed by atoms with Gasteiger partial charge in [-0.25, -0.2) is 0 Å². The van der Waals surface area contributed by atoms with E-state index >= 15 is 0 Å². The number of likely N-dealkylation sites (N-methyl/N-ethyl adjacent to an activating group) is 1. The van der Waals surface area contributed by atoms with Gasteiger partial charge in [0.25, 0.3) is 5.91 Å². The molecule has 0 atom stereocenters. The zero-order valence-electron chi connectivity index (χ0n) is 10.6. The summed E-state index contributed by atoms with van der Waals surface area (Å²) in [4.78, 5) is 13.6. The van der Waals surface area contributed by atoms with Crippen LogP contribution in [0.3, 0.4) is 0 Å². The van der Waals surface area contributed by atoms with Gasteiger partial charge < -0.3 is 4.90 Å². The summed E-state index contributed by atoms with van der Waals surface area (Å²) >= 11 is 5.81. The van der Waals surface area contributed by atoms with Crippen LogP contribution in [-0.4, -0.2) is 13.0 Å². The molecule has 0 aliphatic heterocycles. The molecule has 0 N–H and O–H groups in total. The van der Waals surface area contributed by atoms with E-state index in [-0.39, 0.29) is 5.91 Å². The summed E-state index contributed by atoms with van der Waals surface area (Å²) in [6, 6.07) is 16.9. The molecule has 0 aliphatic rings. The molecule has 0 bridgehead atoms. The van der Waals surface area contributed by atoms with E-state index in [4.69, 9.17) is 11.6 Å². The van der Waals surface area contributed by atoms with E-state index in [1.807, 2.05) is 42.5 Å². The Morgan fingerprint density at radius 1 is 1.05 bits per heavy atom. The first-order chi connectivity index (χ1) is 9.16. The Kier molecular flexibility index (Phi) is 4.37. The summed E-state index contributed by atoms with van der Waals surface area (Å²) in [6.45, 7) is 0. The maximum atomic E-state index is 12.0. The van der Waals surface area contributed by atoms with Crippen molar-refractivity contribution in [2.75, 3.05) is 11.9 Å². The van der Waals surface area contributed by atoms with Gasteiger partial charge in [-0.05, 0) is 35.9 Å². The highest BCUT2D eigenvalue weighted by Crippen LogP contribution is 2.13. The lowest BCUT2D eigenvalue weighted by molar-refractivity contribution is -0.113. The molecule has 0 fully saturated rings. The molecular formula is C16H14ClNO. The molecule has 3 heteroatoms. The average molecular weight is 272 g/mol. The second-order valence-corrected chi connectivity index (χ2v) is 4.55. The van der Waals surface area contributed by atoms with Crippen molar-refractivity contribution in [2.45, 2.75) is 0 Å². The van der Waals surface area contributed by atoms with Crippen LogP contribution in [0.1, 0.15) is 5.56 Å². The van der Waals surface area contributed by atoms with Gasteiger partial charge in [0.1, 0.15) is 0 Å². The fraction of sp³-hybridized carbons (Fsp3) is 0.0625. The first-order valence-corrected chi connectivity index (χ1v) is 6.31. The minimum Gasteiger partial charge on any atom is -0.312 e. The Balaban J connectivity index is 2.07. The number of rotatable bonds is 3. The van der Waals surface area contributed by atoms with Crippen molar-refractivity contribution in [3.05, 3.63) is 71.3 Å². The van der Waals surface area contributed by atoms with E-state index in [2.05, 4.69) is 0 Å². The van der Waals surface area contributed by atoms with E-state index in [0.717, 1.165) is 11.3 Å². The second-order valence-electron chi connectivity index (χ2n) is 4.12. The smallest absolute Gasteiger partial charge is 0.250 e. The number of hydrogen-bond donors (Lipinski definition) is 0.